The third-order valence-electron chi connectivity index (χ3n) is 5.13. The predicted molar refractivity (Wildman–Crippen MR) is 105 cm³/mol. The average Bonchev–Trinajstić information content (AvgIpc) is 3.35. The first-order valence-electron chi connectivity index (χ1n) is 8.88. The fourth-order valence-corrected chi connectivity index (χ4v) is 3.82. The van der Waals surface area contributed by atoms with E-state index in [0.717, 1.165) is 33.7 Å². The molecule has 136 valence electrons. The maximum atomic E-state index is 6.07. The summed E-state index contributed by atoms with van der Waals surface area (Å²) in [5.41, 5.74) is 11.4. The number of furan rings is 1. The number of hydrogen-bond acceptors (Lipinski definition) is 5. The zero-order valence-electron chi connectivity index (χ0n) is 15.2. The number of para-hydroxylation sites is 2. The Hall–Kier alpha value is -3.48. The monoisotopic (exact) mass is 360 g/mol. The lowest BCUT2D eigenvalue weighted by Gasteiger charge is -2.24. The molecule has 0 unspecified atom stereocenters. The highest BCUT2D eigenvalue weighted by Gasteiger charge is 2.28. The van der Waals surface area contributed by atoms with Crippen molar-refractivity contribution >= 4 is 22.9 Å². The van der Waals surface area contributed by atoms with Crippen LogP contribution in [0.2, 0.25) is 0 Å². The lowest BCUT2D eigenvalue weighted by Crippen LogP contribution is -2.31. The number of imidazole rings is 1. The molecule has 1 atom stereocenters. The van der Waals surface area contributed by atoms with Crippen LogP contribution in [0.3, 0.4) is 0 Å². The zero-order valence-corrected chi connectivity index (χ0v) is 15.2. The van der Waals surface area contributed by atoms with Crippen molar-refractivity contribution in [1.82, 2.24) is 14.1 Å². The molecule has 0 saturated carbocycles. The van der Waals surface area contributed by atoms with E-state index in [2.05, 4.69) is 45.4 Å². The van der Waals surface area contributed by atoms with Gasteiger partial charge in [0.2, 0.25) is 5.95 Å². The molecule has 3 N–H and O–H groups in total. The number of anilines is 1. The van der Waals surface area contributed by atoms with E-state index in [9.17, 15) is 0 Å². The molecule has 7 heteroatoms. The summed E-state index contributed by atoms with van der Waals surface area (Å²) in [4.78, 5) is 9.37. The molecule has 1 aromatic carbocycles. The smallest absolute Gasteiger partial charge is 0.212 e. The Labute approximate surface area is 156 Å². The molecule has 0 amide bonds. The minimum Gasteiger partial charge on any atom is -0.467 e. The van der Waals surface area contributed by atoms with E-state index >= 15 is 0 Å². The number of fused-ring (bicyclic) bond motifs is 3. The van der Waals surface area contributed by atoms with Crippen LogP contribution in [0.5, 0.6) is 0 Å². The minimum atomic E-state index is -0.259. The van der Waals surface area contributed by atoms with E-state index < -0.39 is 0 Å². The van der Waals surface area contributed by atoms with E-state index in [0.29, 0.717) is 18.5 Å². The van der Waals surface area contributed by atoms with Crippen molar-refractivity contribution in [2.24, 2.45) is 10.7 Å². The van der Waals surface area contributed by atoms with E-state index in [-0.39, 0.29) is 6.17 Å². The fourth-order valence-electron chi connectivity index (χ4n) is 3.82. The number of aliphatic imine (C=N–C) groups is 1. The minimum absolute atomic E-state index is 0.259. The van der Waals surface area contributed by atoms with Crippen molar-refractivity contribution in [1.29, 1.82) is 0 Å². The molecule has 27 heavy (non-hydrogen) atoms. The molecule has 0 bridgehead atoms. The van der Waals surface area contributed by atoms with Crippen LogP contribution in [0.4, 0.5) is 5.95 Å². The lowest BCUT2D eigenvalue weighted by molar-refractivity contribution is 0.488. The van der Waals surface area contributed by atoms with Crippen LogP contribution in [0.25, 0.3) is 11.0 Å². The summed E-state index contributed by atoms with van der Waals surface area (Å²) < 4.78 is 9.87. The first-order chi connectivity index (χ1) is 13.1. The van der Waals surface area contributed by atoms with Gasteiger partial charge >= 0.3 is 0 Å². The highest BCUT2D eigenvalue weighted by molar-refractivity contribution is 5.94. The Morgan fingerprint density at radius 3 is 2.85 bits per heavy atom. The van der Waals surface area contributed by atoms with Gasteiger partial charge in [-0.1, -0.05) is 12.1 Å². The van der Waals surface area contributed by atoms with E-state index in [1.807, 2.05) is 30.3 Å². The molecule has 0 saturated heterocycles. The van der Waals surface area contributed by atoms with Crippen molar-refractivity contribution in [3.8, 4) is 0 Å². The third kappa shape index (κ3) is 2.43. The number of rotatable bonds is 3. The topological polar surface area (TPSA) is 86.3 Å². The second kappa shape index (κ2) is 5.77. The largest absolute Gasteiger partial charge is 0.467 e. The molecule has 0 spiro atoms. The van der Waals surface area contributed by atoms with Crippen molar-refractivity contribution in [2.45, 2.75) is 26.6 Å². The van der Waals surface area contributed by atoms with Gasteiger partial charge in [-0.2, -0.15) is 0 Å². The number of nitrogens with zero attached hydrogens (tertiary/aromatic N) is 4. The average molecular weight is 360 g/mol. The van der Waals surface area contributed by atoms with Gasteiger partial charge in [0.1, 0.15) is 5.76 Å². The molecular formula is C20H20N6O. The van der Waals surface area contributed by atoms with Crippen LogP contribution in [0.15, 0.2) is 58.1 Å². The Morgan fingerprint density at radius 2 is 2.04 bits per heavy atom. The molecule has 0 radical (unpaired) electrons. The molecule has 1 aliphatic rings. The molecule has 4 aromatic rings. The normalized spacial score (nSPS) is 16.2. The number of hydrogen-bond donors (Lipinski definition) is 2. The van der Waals surface area contributed by atoms with E-state index in [4.69, 9.17) is 15.1 Å². The number of aromatic nitrogens is 3. The summed E-state index contributed by atoms with van der Waals surface area (Å²) in [6.45, 7) is 4.89. The Morgan fingerprint density at radius 1 is 1.19 bits per heavy atom. The fraction of sp³-hybridized carbons (Fsp3) is 0.200. The van der Waals surface area contributed by atoms with Gasteiger partial charge in [0.25, 0.3) is 0 Å². The van der Waals surface area contributed by atoms with Gasteiger partial charge in [-0.15, -0.1) is 0 Å². The molecule has 7 nitrogen and oxygen atoms in total. The van der Waals surface area contributed by atoms with Crippen LogP contribution in [0, 0.1) is 13.8 Å². The van der Waals surface area contributed by atoms with Crippen molar-refractivity contribution < 1.29 is 4.42 Å². The summed E-state index contributed by atoms with van der Waals surface area (Å²) in [7, 11) is 0. The molecular weight excluding hydrogens is 340 g/mol. The molecule has 3 aromatic heterocycles. The molecule has 0 fully saturated rings. The summed E-state index contributed by atoms with van der Waals surface area (Å²) in [6.07, 6.45) is 1.44. The molecule has 5 rings (SSSR count). The summed E-state index contributed by atoms with van der Waals surface area (Å²) in [6, 6.07) is 14.1. The van der Waals surface area contributed by atoms with Gasteiger partial charge in [-0.25, -0.2) is 9.98 Å². The number of nitrogens with two attached hydrogens (primary N) is 1. The third-order valence-corrected chi connectivity index (χ3v) is 5.13. The van der Waals surface area contributed by atoms with E-state index in [1.54, 1.807) is 6.26 Å². The van der Waals surface area contributed by atoms with Crippen LogP contribution >= 0.6 is 0 Å². The van der Waals surface area contributed by atoms with Crippen LogP contribution in [-0.2, 0) is 6.54 Å². The highest BCUT2D eigenvalue weighted by Crippen LogP contribution is 2.35. The van der Waals surface area contributed by atoms with Crippen molar-refractivity contribution in [3.05, 3.63) is 71.4 Å². The second-order valence-corrected chi connectivity index (χ2v) is 6.80. The van der Waals surface area contributed by atoms with Crippen LogP contribution in [-0.4, -0.2) is 20.1 Å². The van der Waals surface area contributed by atoms with Gasteiger partial charge in [0, 0.05) is 17.0 Å². The van der Waals surface area contributed by atoms with Gasteiger partial charge in [-0.3, -0.25) is 9.88 Å². The Bertz CT molecular complexity index is 1160. The van der Waals surface area contributed by atoms with Crippen LogP contribution in [0.1, 0.15) is 28.9 Å². The second-order valence-electron chi connectivity index (χ2n) is 6.80. The van der Waals surface area contributed by atoms with E-state index in [1.165, 1.54) is 0 Å². The number of aryl methyl sites for hydroxylation is 1. The first kappa shape index (κ1) is 15.7. The number of nitrogens with one attached hydrogen (secondary N) is 1. The Balaban J connectivity index is 1.66. The van der Waals surface area contributed by atoms with Gasteiger partial charge < -0.3 is 14.7 Å². The number of guanidine groups is 1. The SMILES string of the molecule is Cc1cc([C@H]2N=C(N)Nc3nc4ccccc4n32)c(C)n1Cc1ccco1. The summed E-state index contributed by atoms with van der Waals surface area (Å²) in [5, 5.41) is 3.08. The maximum absolute atomic E-state index is 6.07. The quantitative estimate of drug-likeness (QED) is 0.586. The zero-order chi connectivity index (χ0) is 18.5. The van der Waals surface area contributed by atoms with Crippen LogP contribution < -0.4 is 11.1 Å². The van der Waals surface area contributed by atoms with Crippen molar-refractivity contribution in [3.63, 3.8) is 0 Å². The van der Waals surface area contributed by atoms with Gasteiger partial charge in [-0.05, 0) is 44.2 Å². The molecule has 4 heterocycles. The van der Waals surface area contributed by atoms with Gasteiger partial charge in [0.15, 0.2) is 12.1 Å². The Kier molecular flexibility index (Phi) is 3.36. The number of benzene rings is 1. The summed E-state index contributed by atoms with van der Waals surface area (Å²) in [5.74, 6) is 2.01. The summed E-state index contributed by atoms with van der Waals surface area (Å²) >= 11 is 0. The van der Waals surface area contributed by atoms with Gasteiger partial charge in [0.05, 0.1) is 23.8 Å². The predicted octanol–water partition coefficient (Wildman–Crippen LogP) is 3.38. The standard InChI is InChI=1S/C20H20N6O/c1-12-10-15(13(2)25(12)11-14-6-5-9-27-14)18-23-19(21)24-20-22-16-7-3-4-8-17(16)26(18)20/h3-10,18H,11H2,1-2H3,(H3,21,22,23,24)/t18-/m0/s1. The lowest BCUT2D eigenvalue weighted by atomic mass is 10.1. The van der Waals surface area contributed by atoms with Crippen molar-refractivity contribution in [2.75, 3.05) is 5.32 Å². The maximum Gasteiger partial charge on any atom is 0.212 e. The highest BCUT2D eigenvalue weighted by atomic mass is 16.3. The molecule has 0 aliphatic carbocycles. The molecule has 1 aliphatic heterocycles. The first-order valence-corrected chi connectivity index (χ1v) is 8.88.